The highest BCUT2D eigenvalue weighted by atomic mass is 16.6. The van der Waals surface area contributed by atoms with Gasteiger partial charge in [0.1, 0.15) is 5.60 Å². The van der Waals surface area contributed by atoms with Gasteiger partial charge in [-0.2, -0.15) is 5.26 Å². The van der Waals surface area contributed by atoms with Crippen LogP contribution in [0.5, 0.6) is 0 Å². The molecule has 0 heterocycles. The zero-order chi connectivity index (χ0) is 25.7. The van der Waals surface area contributed by atoms with Gasteiger partial charge in [-0.25, -0.2) is 4.79 Å². The summed E-state index contributed by atoms with van der Waals surface area (Å²) in [6.07, 6.45) is 10.7. The first kappa shape index (κ1) is 24.8. The van der Waals surface area contributed by atoms with E-state index in [4.69, 9.17) is 4.84 Å². The Morgan fingerprint density at radius 3 is 2.67 bits per heavy atom. The molecule has 36 heavy (non-hydrogen) atoms. The van der Waals surface area contributed by atoms with Crippen molar-refractivity contribution in [3.63, 3.8) is 0 Å². The molecular formula is C31H38N2O3. The summed E-state index contributed by atoms with van der Waals surface area (Å²) in [6, 6.07) is 9.91. The predicted molar refractivity (Wildman–Crippen MR) is 141 cm³/mol. The van der Waals surface area contributed by atoms with Gasteiger partial charge in [0, 0.05) is 11.8 Å². The van der Waals surface area contributed by atoms with E-state index in [1.165, 1.54) is 5.57 Å². The highest BCUT2D eigenvalue weighted by Gasteiger charge is 2.62. The predicted octanol–water partition coefficient (Wildman–Crippen LogP) is 7.34. The van der Waals surface area contributed by atoms with Crippen LogP contribution in [0.25, 0.3) is 0 Å². The Balaban J connectivity index is 1.51. The highest BCUT2D eigenvalue weighted by Crippen LogP contribution is 2.68. The van der Waals surface area contributed by atoms with E-state index in [1.54, 1.807) is 23.3 Å². The van der Waals surface area contributed by atoms with E-state index in [9.17, 15) is 15.2 Å². The minimum Gasteiger partial charge on any atom is -0.478 e. The molecule has 1 aromatic carbocycles. The summed E-state index contributed by atoms with van der Waals surface area (Å²) in [4.78, 5) is 17.9. The van der Waals surface area contributed by atoms with Crippen molar-refractivity contribution >= 4 is 11.7 Å². The van der Waals surface area contributed by atoms with Crippen molar-refractivity contribution in [2.45, 2.75) is 96.5 Å². The quantitative estimate of drug-likeness (QED) is 0.451. The number of aromatic carboxylic acids is 1. The Labute approximate surface area is 214 Å². The molecule has 5 nitrogen and oxygen atoms in total. The van der Waals surface area contributed by atoms with Crippen LogP contribution in [0.2, 0.25) is 0 Å². The molecular weight excluding hydrogens is 448 g/mol. The molecule has 4 atom stereocenters. The summed E-state index contributed by atoms with van der Waals surface area (Å²) in [5, 5.41) is 24.4. The number of benzene rings is 1. The summed E-state index contributed by atoms with van der Waals surface area (Å²) in [5.74, 6) is 0.110. The standard InChI is InChI=1S/C31H38N2O3/c1-29(2,3)36-33-21-10-12-22-20(19-21)9-11-24-23(22)13-15-30(4)26(24)14-16-31(30,17-18-32)27-8-6-5-7-25(27)28(34)35/h5-8,19,24,26H,9-17H2,1-4H3,(H,34,35)/t24?,26?,30-,31-/m0/s1. The molecule has 0 bridgehead atoms. The van der Waals surface area contributed by atoms with Crippen LogP contribution < -0.4 is 0 Å². The second-order valence-electron chi connectivity index (χ2n) is 12.4. The normalized spacial score (nSPS) is 32.8. The molecule has 1 N–H and O–H groups in total. The van der Waals surface area contributed by atoms with E-state index >= 15 is 0 Å². The Kier molecular flexibility index (Phi) is 6.14. The molecule has 0 saturated heterocycles. The molecule has 4 aliphatic rings. The van der Waals surface area contributed by atoms with Crippen molar-refractivity contribution in [3.05, 3.63) is 58.2 Å². The third-order valence-electron chi connectivity index (χ3n) is 9.60. The third-order valence-corrected chi connectivity index (χ3v) is 9.60. The van der Waals surface area contributed by atoms with E-state index in [1.807, 2.05) is 32.9 Å². The number of carboxylic acid groups (broad SMARTS) is 1. The maximum Gasteiger partial charge on any atom is 0.335 e. The number of hydrogen-bond acceptors (Lipinski definition) is 4. The van der Waals surface area contributed by atoms with Crippen molar-refractivity contribution < 1.29 is 14.7 Å². The molecule has 5 rings (SSSR count). The lowest BCUT2D eigenvalue weighted by atomic mass is 9.50. The van der Waals surface area contributed by atoms with Gasteiger partial charge in [0.05, 0.1) is 17.3 Å². The largest absolute Gasteiger partial charge is 0.478 e. The third kappa shape index (κ3) is 3.90. The minimum absolute atomic E-state index is 0.0912. The summed E-state index contributed by atoms with van der Waals surface area (Å²) in [5.41, 5.74) is 6.10. The number of nitriles is 1. The molecule has 5 heteroatoms. The average molecular weight is 487 g/mol. The second-order valence-corrected chi connectivity index (χ2v) is 12.4. The molecule has 0 aliphatic heterocycles. The molecule has 1 aromatic rings. The topological polar surface area (TPSA) is 82.7 Å². The Hall–Kier alpha value is -2.87. The van der Waals surface area contributed by atoms with Gasteiger partial charge in [0.2, 0.25) is 0 Å². The fraction of sp³-hybridized carbons (Fsp3) is 0.581. The van der Waals surface area contributed by atoms with Crippen LogP contribution in [0.1, 0.15) is 101 Å². The molecule has 2 unspecified atom stereocenters. The lowest BCUT2D eigenvalue weighted by Crippen LogP contribution is -2.48. The maximum absolute atomic E-state index is 12.2. The van der Waals surface area contributed by atoms with Gasteiger partial charge < -0.3 is 9.94 Å². The molecule has 0 spiro atoms. The number of carboxylic acids is 1. The molecule has 0 radical (unpaired) electrons. The molecule has 4 aliphatic carbocycles. The number of hydrogen-bond donors (Lipinski definition) is 1. The number of fused-ring (bicyclic) bond motifs is 4. The Morgan fingerprint density at radius 1 is 1.17 bits per heavy atom. The summed E-state index contributed by atoms with van der Waals surface area (Å²) in [6.45, 7) is 8.43. The monoisotopic (exact) mass is 486 g/mol. The van der Waals surface area contributed by atoms with Crippen molar-refractivity contribution in [2.24, 2.45) is 22.4 Å². The van der Waals surface area contributed by atoms with Gasteiger partial charge in [-0.3, -0.25) is 0 Å². The van der Waals surface area contributed by atoms with Gasteiger partial charge in [0.15, 0.2) is 0 Å². The van der Waals surface area contributed by atoms with Crippen molar-refractivity contribution in [1.82, 2.24) is 0 Å². The van der Waals surface area contributed by atoms with Crippen molar-refractivity contribution in [3.8, 4) is 6.07 Å². The highest BCUT2D eigenvalue weighted by molar-refractivity contribution is 5.97. The SMILES string of the molecule is CC(C)(C)ON=C1C=C2CCC3C(=C2CC1)CC[C@@]1(C)C3CC[C@]1(CC#N)c1ccccc1C(=O)O. The van der Waals surface area contributed by atoms with Gasteiger partial charge in [0.25, 0.3) is 0 Å². The second kappa shape index (κ2) is 8.91. The van der Waals surface area contributed by atoms with Crippen LogP contribution in [0.4, 0.5) is 0 Å². The minimum atomic E-state index is -0.892. The first-order valence-electron chi connectivity index (χ1n) is 13.5. The van der Waals surface area contributed by atoms with E-state index in [-0.39, 0.29) is 11.0 Å². The summed E-state index contributed by atoms with van der Waals surface area (Å²) in [7, 11) is 0. The van der Waals surface area contributed by atoms with Gasteiger partial charge >= 0.3 is 5.97 Å². The van der Waals surface area contributed by atoms with Crippen molar-refractivity contribution in [1.29, 1.82) is 5.26 Å². The average Bonchev–Trinajstić information content (AvgIpc) is 3.15. The smallest absolute Gasteiger partial charge is 0.335 e. The van der Waals surface area contributed by atoms with Gasteiger partial charge in [-0.05, 0) is 118 Å². The van der Waals surface area contributed by atoms with Crippen LogP contribution in [0, 0.1) is 28.6 Å². The van der Waals surface area contributed by atoms with Crippen molar-refractivity contribution in [2.75, 3.05) is 0 Å². The Morgan fingerprint density at radius 2 is 1.94 bits per heavy atom. The number of oxime groups is 1. The van der Waals surface area contributed by atoms with Crippen LogP contribution >= 0.6 is 0 Å². The van der Waals surface area contributed by atoms with E-state index in [0.29, 0.717) is 23.8 Å². The van der Waals surface area contributed by atoms with E-state index in [0.717, 1.165) is 62.6 Å². The van der Waals surface area contributed by atoms with Crippen LogP contribution in [0.15, 0.2) is 52.2 Å². The number of rotatable bonds is 4. The molecule has 2 saturated carbocycles. The van der Waals surface area contributed by atoms with Crippen LogP contribution in [0.3, 0.4) is 0 Å². The molecule has 0 aromatic heterocycles. The Bertz CT molecular complexity index is 1210. The molecule has 0 amide bonds. The van der Waals surface area contributed by atoms with Gasteiger partial charge in [-0.15, -0.1) is 0 Å². The summed E-state index contributed by atoms with van der Waals surface area (Å²) >= 11 is 0. The number of allylic oxidation sites excluding steroid dienone is 4. The molecule has 190 valence electrons. The number of nitrogens with zero attached hydrogens (tertiary/aromatic N) is 2. The first-order valence-corrected chi connectivity index (χ1v) is 13.5. The fourth-order valence-corrected chi connectivity index (χ4v) is 8.00. The lowest BCUT2D eigenvalue weighted by Gasteiger charge is -2.54. The molecule has 2 fully saturated rings. The fourth-order valence-electron chi connectivity index (χ4n) is 8.00. The zero-order valence-electron chi connectivity index (χ0n) is 22.1. The van der Waals surface area contributed by atoms with Crippen LogP contribution in [-0.2, 0) is 10.3 Å². The first-order chi connectivity index (χ1) is 17.1. The maximum atomic E-state index is 12.2. The number of carbonyl (C=O) groups is 1. The lowest BCUT2D eigenvalue weighted by molar-refractivity contribution is 0.000719. The van der Waals surface area contributed by atoms with Crippen LogP contribution in [-0.4, -0.2) is 22.4 Å². The van der Waals surface area contributed by atoms with E-state index < -0.39 is 11.4 Å². The summed E-state index contributed by atoms with van der Waals surface area (Å²) < 4.78 is 0. The van der Waals surface area contributed by atoms with Gasteiger partial charge in [-0.1, -0.05) is 35.9 Å². The zero-order valence-corrected chi connectivity index (χ0v) is 22.1. The van der Waals surface area contributed by atoms with E-state index in [2.05, 4.69) is 24.2 Å².